The highest BCUT2D eigenvalue weighted by molar-refractivity contribution is 7.84. The van der Waals surface area contributed by atoms with Crippen LogP contribution in [-0.4, -0.2) is 5.91 Å². The van der Waals surface area contributed by atoms with Crippen molar-refractivity contribution in [3.8, 4) is 6.07 Å². The van der Waals surface area contributed by atoms with E-state index >= 15 is 0 Å². The molecule has 0 aliphatic carbocycles. The molecule has 0 saturated carbocycles. The van der Waals surface area contributed by atoms with Crippen LogP contribution in [0.1, 0.15) is 17.2 Å². The standard InChI is InChI=1S/C10H8N2OS2/c11-5-7-6(8-2-1-3-15-8)4-9(13)12-10(7)14/h1-3,6,14H,4H2,(H,12,13)/t6-/m1/s1. The molecule has 1 aromatic heterocycles. The van der Waals surface area contributed by atoms with Crippen LogP contribution in [0, 0.1) is 11.3 Å². The Balaban J connectivity index is 2.43. The van der Waals surface area contributed by atoms with Gasteiger partial charge in [0.2, 0.25) is 5.91 Å². The van der Waals surface area contributed by atoms with Crippen molar-refractivity contribution in [2.75, 3.05) is 0 Å². The Morgan fingerprint density at radius 3 is 3.07 bits per heavy atom. The number of hydrogen-bond donors (Lipinski definition) is 2. The zero-order valence-corrected chi connectivity index (χ0v) is 9.44. The quantitative estimate of drug-likeness (QED) is 0.733. The van der Waals surface area contributed by atoms with E-state index in [1.54, 1.807) is 11.3 Å². The highest BCUT2D eigenvalue weighted by Gasteiger charge is 2.28. The Hall–Kier alpha value is -1.25. The predicted molar refractivity (Wildman–Crippen MR) is 61.4 cm³/mol. The normalized spacial score (nSPS) is 21.1. The molecular weight excluding hydrogens is 228 g/mol. The van der Waals surface area contributed by atoms with E-state index < -0.39 is 0 Å². The molecule has 2 heterocycles. The molecule has 0 bridgehead atoms. The number of nitrogens with one attached hydrogen (secondary N) is 1. The molecule has 1 aromatic rings. The number of rotatable bonds is 1. The topological polar surface area (TPSA) is 52.9 Å². The van der Waals surface area contributed by atoms with E-state index in [1.807, 2.05) is 17.5 Å². The van der Waals surface area contributed by atoms with Gasteiger partial charge in [0.15, 0.2) is 0 Å². The molecule has 1 N–H and O–H groups in total. The molecule has 1 amide bonds. The SMILES string of the molecule is N#CC1=C(S)NC(=O)C[C@H]1c1cccs1. The van der Waals surface area contributed by atoms with Gasteiger partial charge in [0.1, 0.15) is 0 Å². The van der Waals surface area contributed by atoms with Crippen molar-refractivity contribution >= 4 is 29.9 Å². The van der Waals surface area contributed by atoms with Gasteiger partial charge in [-0.05, 0) is 11.4 Å². The third kappa shape index (κ3) is 1.91. The molecule has 76 valence electrons. The second kappa shape index (κ2) is 4.09. The summed E-state index contributed by atoms with van der Waals surface area (Å²) in [6.45, 7) is 0. The molecule has 5 heteroatoms. The summed E-state index contributed by atoms with van der Waals surface area (Å²) < 4.78 is 0. The first-order valence-corrected chi connectivity index (χ1v) is 5.71. The van der Waals surface area contributed by atoms with Crippen LogP contribution in [0.3, 0.4) is 0 Å². The molecule has 0 saturated heterocycles. The second-order valence-electron chi connectivity index (χ2n) is 3.19. The Bertz CT molecular complexity index is 456. The largest absolute Gasteiger partial charge is 0.320 e. The van der Waals surface area contributed by atoms with E-state index in [4.69, 9.17) is 5.26 Å². The van der Waals surface area contributed by atoms with Crippen molar-refractivity contribution in [2.24, 2.45) is 0 Å². The van der Waals surface area contributed by atoms with E-state index in [-0.39, 0.29) is 11.8 Å². The second-order valence-corrected chi connectivity index (χ2v) is 4.62. The molecule has 3 nitrogen and oxygen atoms in total. The summed E-state index contributed by atoms with van der Waals surface area (Å²) in [5, 5.41) is 13.9. The van der Waals surface area contributed by atoms with Crippen LogP contribution in [0.25, 0.3) is 0 Å². The highest BCUT2D eigenvalue weighted by atomic mass is 32.1. The third-order valence-corrected chi connectivity index (χ3v) is 3.60. The van der Waals surface area contributed by atoms with Crippen molar-refractivity contribution in [1.82, 2.24) is 5.32 Å². The minimum atomic E-state index is -0.128. The molecule has 1 atom stereocenters. The van der Waals surface area contributed by atoms with Gasteiger partial charge in [-0.25, -0.2) is 0 Å². The van der Waals surface area contributed by atoms with Gasteiger partial charge in [-0.2, -0.15) is 5.26 Å². The Morgan fingerprint density at radius 2 is 2.47 bits per heavy atom. The van der Waals surface area contributed by atoms with Crippen molar-refractivity contribution in [3.05, 3.63) is 33.0 Å². The summed E-state index contributed by atoms with van der Waals surface area (Å²) in [5.41, 5.74) is 0.542. The van der Waals surface area contributed by atoms with Crippen molar-refractivity contribution < 1.29 is 4.79 Å². The van der Waals surface area contributed by atoms with Gasteiger partial charge in [-0.15, -0.1) is 24.0 Å². The molecule has 0 spiro atoms. The average Bonchev–Trinajstić information content (AvgIpc) is 2.69. The molecule has 1 aliphatic rings. The van der Waals surface area contributed by atoms with Gasteiger partial charge < -0.3 is 5.32 Å². The highest BCUT2D eigenvalue weighted by Crippen LogP contribution is 2.35. The monoisotopic (exact) mass is 236 g/mol. The first kappa shape index (κ1) is 10.3. The Labute approximate surface area is 96.8 Å². The van der Waals surface area contributed by atoms with E-state index in [1.165, 1.54) is 0 Å². The van der Waals surface area contributed by atoms with Crippen LogP contribution < -0.4 is 5.32 Å². The lowest BCUT2D eigenvalue weighted by atomic mass is 9.93. The lowest BCUT2D eigenvalue weighted by Gasteiger charge is -2.21. The minimum absolute atomic E-state index is 0.0857. The summed E-state index contributed by atoms with van der Waals surface area (Å²) in [6, 6.07) is 5.96. The van der Waals surface area contributed by atoms with Gasteiger partial charge in [0, 0.05) is 17.2 Å². The first-order valence-electron chi connectivity index (χ1n) is 4.39. The number of hydrogen-bond acceptors (Lipinski definition) is 4. The summed E-state index contributed by atoms with van der Waals surface area (Å²) >= 11 is 5.67. The Kier molecular flexibility index (Phi) is 2.80. The lowest BCUT2D eigenvalue weighted by Crippen LogP contribution is -2.29. The van der Waals surface area contributed by atoms with Gasteiger partial charge >= 0.3 is 0 Å². The average molecular weight is 236 g/mol. The number of allylic oxidation sites excluding steroid dienone is 1. The lowest BCUT2D eigenvalue weighted by molar-refractivity contribution is -0.120. The number of nitrogens with zero attached hydrogens (tertiary/aromatic N) is 1. The zero-order chi connectivity index (χ0) is 10.8. The summed E-state index contributed by atoms with van der Waals surface area (Å²) in [6.07, 6.45) is 0.327. The molecule has 15 heavy (non-hydrogen) atoms. The van der Waals surface area contributed by atoms with Crippen LogP contribution in [0.5, 0.6) is 0 Å². The maximum absolute atomic E-state index is 11.3. The third-order valence-electron chi connectivity index (χ3n) is 2.26. The van der Waals surface area contributed by atoms with E-state index in [0.717, 1.165) is 4.88 Å². The van der Waals surface area contributed by atoms with Crippen molar-refractivity contribution in [1.29, 1.82) is 5.26 Å². The van der Waals surface area contributed by atoms with E-state index in [9.17, 15) is 4.79 Å². The fourth-order valence-electron chi connectivity index (χ4n) is 1.57. The fourth-order valence-corrected chi connectivity index (χ4v) is 2.73. The molecule has 0 unspecified atom stereocenters. The summed E-state index contributed by atoms with van der Waals surface area (Å²) in [4.78, 5) is 12.4. The number of nitriles is 1. The first-order chi connectivity index (χ1) is 7.22. The predicted octanol–water partition coefficient (Wildman–Crippen LogP) is 2.02. The van der Waals surface area contributed by atoms with Crippen LogP contribution in [0.2, 0.25) is 0 Å². The molecule has 0 aromatic carbocycles. The van der Waals surface area contributed by atoms with Crippen LogP contribution in [-0.2, 0) is 4.79 Å². The summed E-state index contributed by atoms with van der Waals surface area (Å²) in [7, 11) is 0. The molecule has 1 aliphatic heterocycles. The molecule has 0 radical (unpaired) electrons. The Morgan fingerprint density at radius 1 is 1.67 bits per heavy atom. The maximum atomic E-state index is 11.3. The maximum Gasteiger partial charge on any atom is 0.225 e. The zero-order valence-electron chi connectivity index (χ0n) is 7.73. The number of thiol groups is 1. The fraction of sp³-hybridized carbons (Fsp3) is 0.200. The van der Waals surface area contributed by atoms with Gasteiger partial charge in [0.25, 0.3) is 0 Å². The van der Waals surface area contributed by atoms with E-state index in [0.29, 0.717) is 17.0 Å². The van der Waals surface area contributed by atoms with Crippen LogP contribution >= 0.6 is 24.0 Å². The number of carbonyl (C=O) groups excluding carboxylic acids is 1. The number of amides is 1. The molecular formula is C10H8N2OS2. The van der Waals surface area contributed by atoms with Gasteiger partial charge in [-0.1, -0.05) is 6.07 Å². The minimum Gasteiger partial charge on any atom is -0.320 e. The molecule has 2 rings (SSSR count). The van der Waals surface area contributed by atoms with Crippen molar-refractivity contribution in [3.63, 3.8) is 0 Å². The summed E-state index contributed by atoms with van der Waals surface area (Å²) in [5.74, 6) is -0.214. The smallest absolute Gasteiger partial charge is 0.225 e. The van der Waals surface area contributed by atoms with E-state index in [2.05, 4.69) is 24.0 Å². The number of carbonyl (C=O) groups is 1. The van der Waals surface area contributed by atoms with Gasteiger partial charge in [-0.3, -0.25) is 4.79 Å². The van der Waals surface area contributed by atoms with Gasteiger partial charge in [0.05, 0.1) is 16.7 Å². The molecule has 0 fully saturated rings. The number of thiophene rings is 1. The van der Waals surface area contributed by atoms with Crippen molar-refractivity contribution in [2.45, 2.75) is 12.3 Å². The van der Waals surface area contributed by atoms with Crippen LogP contribution in [0.15, 0.2) is 28.1 Å². The van der Waals surface area contributed by atoms with Crippen LogP contribution in [0.4, 0.5) is 0 Å².